The summed E-state index contributed by atoms with van der Waals surface area (Å²) in [7, 11) is 9.57. The third-order valence-corrected chi connectivity index (χ3v) is 6.12. The molecular formula is C18H40N2+2. The number of hydrogen-bond acceptors (Lipinski definition) is 0. The van der Waals surface area contributed by atoms with Gasteiger partial charge in [-0.1, -0.05) is 19.3 Å². The van der Waals surface area contributed by atoms with Crippen LogP contribution >= 0.6 is 0 Å². The van der Waals surface area contributed by atoms with E-state index in [4.69, 9.17) is 0 Å². The lowest BCUT2D eigenvalue weighted by Crippen LogP contribution is -2.45. The molecule has 0 bridgehead atoms. The van der Waals surface area contributed by atoms with E-state index in [0.717, 1.165) is 0 Å². The number of nitrogens with zero attached hydrogens (tertiary/aromatic N) is 2. The first-order valence-corrected chi connectivity index (χ1v) is 8.88. The van der Waals surface area contributed by atoms with Gasteiger partial charge in [-0.2, -0.15) is 0 Å². The highest BCUT2D eigenvalue weighted by atomic mass is 15.3. The first-order chi connectivity index (χ1) is 9.24. The van der Waals surface area contributed by atoms with Gasteiger partial charge in [-0.15, -0.1) is 0 Å². The lowest BCUT2D eigenvalue weighted by molar-refractivity contribution is -0.892. The minimum absolute atomic E-state index is 0.660. The average Bonchev–Trinajstić information content (AvgIpc) is 2.45. The van der Waals surface area contributed by atoms with E-state index < -0.39 is 0 Å². The predicted molar refractivity (Wildman–Crippen MR) is 89.8 cm³/mol. The van der Waals surface area contributed by atoms with Gasteiger partial charge in [0.2, 0.25) is 0 Å². The molecular weight excluding hydrogens is 244 g/mol. The minimum Gasteiger partial charge on any atom is -0.329 e. The maximum atomic E-state index is 2.39. The molecule has 0 radical (unpaired) electrons. The van der Waals surface area contributed by atoms with E-state index in [-0.39, 0.29) is 0 Å². The second-order valence-corrected chi connectivity index (χ2v) is 8.51. The molecule has 20 heavy (non-hydrogen) atoms. The van der Waals surface area contributed by atoms with E-state index in [1.165, 1.54) is 80.1 Å². The Hall–Kier alpha value is -0.0800. The molecule has 1 rings (SSSR count). The normalized spacial score (nSPS) is 20.1. The van der Waals surface area contributed by atoms with Crippen molar-refractivity contribution >= 4 is 0 Å². The van der Waals surface area contributed by atoms with Gasteiger partial charge >= 0.3 is 0 Å². The summed E-state index contributed by atoms with van der Waals surface area (Å²) in [5.74, 6) is 0. The zero-order valence-electron chi connectivity index (χ0n) is 15.2. The molecule has 1 saturated carbocycles. The molecule has 0 atom stereocenters. The summed E-state index contributed by atoms with van der Waals surface area (Å²) >= 11 is 0. The zero-order chi connectivity index (χ0) is 15.3. The van der Waals surface area contributed by atoms with Crippen molar-refractivity contribution in [1.29, 1.82) is 0 Å². The molecule has 2 heteroatoms. The van der Waals surface area contributed by atoms with Crippen molar-refractivity contribution in [2.75, 3.05) is 54.4 Å². The van der Waals surface area contributed by atoms with Gasteiger partial charge in [0, 0.05) is 12.8 Å². The van der Waals surface area contributed by atoms with Crippen molar-refractivity contribution in [3.8, 4) is 0 Å². The third kappa shape index (κ3) is 5.73. The van der Waals surface area contributed by atoms with E-state index in [1.807, 2.05) is 0 Å². The molecule has 0 aromatic heterocycles. The second-order valence-electron chi connectivity index (χ2n) is 8.51. The van der Waals surface area contributed by atoms with Gasteiger partial charge in [0.15, 0.2) is 0 Å². The fraction of sp³-hybridized carbons (Fsp3) is 1.00. The topological polar surface area (TPSA) is 0 Å². The average molecular weight is 285 g/mol. The maximum absolute atomic E-state index is 2.39. The zero-order valence-corrected chi connectivity index (χ0v) is 15.2. The van der Waals surface area contributed by atoms with Crippen molar-refractivity contribution in [3.05, 3.63) is 0 Å². The standard InChI is InChI=1S/C18H40N2/c1-7-19(3,4)16-14-18(12-10-9-11-13-18)15-17-20(5,6)8-2/h7-17H2,1-6H3/q+2. The van der Waals surface area contributed by atoms with E-state index >= 15 is 0 Å². The fourth-order valence-electron chi connectivity index (χ4n) is 3.32. The summed E-state index contributed by atoms with van der Waals surface area (Å²) in [6, 6.07) is 0. The minimum atomic E-state index is 0.660. The highest BCUT2D eigenvalue weighted by Gasteiger charge is 2.35. The van der Waals surface area contributed by atoms with E-state index in [1.54, 1.807) is 0 Å². The highest BCUT2D eigenvalue weighted by Crippen LogP contribution is 2.43. The molecule has 1 aliphatic carbocycles. The van der Waals surface area contributed by atoms with Gasteiger partial charge in [0.25, 0.3) is 0 Å². The monoisotopic (exact) mass is 284 g/mol. The van der Waals surface area contributed by atoms with Crippen LogP contribution in [0, 0.1) is 5.41 Å². The summed E-state index contributed by atoms with van der Waals surface area (Å²) in [6.07, 6.45) is 10.3. The Labute approximate surface area is 128 Å². The van der Waals surface area contributed by atoms with E-state index in [0.29, 0.717) is 5.41 Å². The first kappa shape index (κ1) is 18.0. The molecule has 0 heterocycles. The van der Waals surface area contributed by atoms with Crippen molar-refractivity contribution in [3.63, 3.8) is 0 Å². The fourth-order valence-corrected chi connectivity index (χ4v) is 3.32. The number of hydrogen-bond donors (Lipinski definition) is 0. The second kappa shape index (κ2) is 7.26. The van der Waals surface area contributed by atoms with E-state index in [9.17, 15) is 0 Å². The summed E-state index contributed by atoms with van der Waals surface area (Å²) in [5, 5.41) is 0. The van der Waals surface area contributed by atoms with Crippen LogP contribution in [0.15, 0.2) is 0 Å². The number of rotatable bonds is 8. The van der Waals surface area contributed by atoms with Gasteiger partial charge in [-0.3, -0.25) is 0 Å². The predicted octanol–water partition coefficient (Wildman–Crippen LogP) is 3.91. The molecule has 0 amide bonds. The molecule has 0 aliphatic heterocycles. The van der Waals surface area contributed by atoms with Crippen LogP contribution in [0.2, 0.25) is 0 Å². The molecule has 0 N–H and O–H groups in total. The molecule has 120 valence electrons. The van der Waals surface area contributed by atoms with Crippen LogP contribution in [0.25, 0.3) is 0 Å². The Kier molecular flexibility index (Phi) is 6.53. The molecule has 0 unspecified atom stereocenters. The van der Waals surface area contributed by atoms with Gasteiger partial charge in [-0.05, 0) is 32.1 Å². The first-order valence-electron chi connectivity index (χ1n) is 8.88. The molecule has 0 saturated heterocycles. The van der Waals surface area contributed by atoms with Gasteiger partial charge < -0.3 is 8.97 Å². The lowest BCUT2D eigenvalue weighted by Gasteiger charge is -2.42. The Balaban J connectivity index is 2.62. The molecule has 0 spiro atoms. The van der Waals surface area contributed by atoms with Crippen LogP contribution in [0.5, 0.6) is 0 Å². The third-order valence-electron chi connectivity index (χ3n) is 6.12. The summed E-state index contributed by atoms with van der Waals surface area (Å²) < 4.78 is 2.38. The largest absolute Gasteiger partial charge is 0.329 e. The number of quaternary nitrogens is 2. The molecule has 1 fully saturated rings. The SMILES string of the molecule is CC[N+](C)(C)CCC1(CC[N+](C)(C)CC)CCCCC1. The van der Waals surface area contributed by atoms with Gasteiger partial charge in [0.1, 0.15) is 0 Å². The van der Waals surface area contributed by atoms with Crippen molar-refractivity contribution in [1.82, 2.24) is 0 Å². The van der Waals surface area contributed by atoms with E-state index in [2.05, 4.69) is 42.0 Å². The summed E-state index contributed by atoms with van der Waals surface area (Å²) in [5.41, 5.74) is 0.660. The van der Waals surface area contributed by atoms with Crippen molar-refractivity contribution < 1.29 is 8.97 Å². The molecule has 1 aliphatic rings. The Morgan fingerprint density at radius 1 is 0.700 bits per heavy atom. The van der Waals surface area contributed by atoms with Crippen LogP contribution < -0.4 is 0 Å². The van der Waals surface area contributed by atoms with Crippen LogP contribution in [0.4, 0.5) is 0 Å². The molecule has 0 aromatic rings. The molecule has 2 nitrogen and oxygen atoms in total. The van der Waals surface area contributed by atoms with Gasteiger partial charge in [-0.25, -0.2) is 0 Å². The van der Waals surface area contributed by atoms with Crippen LogP contribution in [0.1, 0.15) is 58.8 Å². The van der Waals surface area contributed by atoms with Crippen LogP contribution in [-0.2, 0) is 0 Å². The Morgan fingerprint density at radius 2 is 1.10 bits per heavy atom. The van der Waals surface area contributed by atoms with Crippen LogP contribution in [-0.4, -0.2) is 63.3 Å². The maximum Gasteiger partial charge on any atom is 0.0787 e. The summed E-state index contributed by atoms with van der Waals surface area (Å²) in [6.45, 7) is 9.88. The summed E-state index contributed by atoms with van der Waals surface area (Å²) in [4.78, 5) is 0. The van der Waals surface area contributed by atoms with Gasteiger partial charge in [0.05, 0.1) is 54.4 Å². The van der Waals surface area contributed by atoms with Crippen molar-refractivity contribution in [2.24, 2.45) is 5.41 Å². The van der Waals surface area contributed by atoms with Crippen molar-refractivity contribution in [2.45, 2.75) is 58.8 Å². The smallest absolute Gasteiger partial charge is 0.0787 e. The Morgan fingerprint density at radius 3 is 1.45 bits per heavy atom. The quantitative estimate of drug-likeness (QED) is 0.593. The highest BCUT2D eigenvalue weighted by molar-refractivity contribution is 4.82. The lowest BCUT2D eigenvalue weighted by atomic mass is 9.69. The van der Waals surface area contributed by atoms with Crippen LogP contribution in [0.3, 0.4) is 0 Å². The molecule has 0 aromatic carbocycles. The Bertz CT molecular complexity index is 253.